The minimum atomic E-state index is -1.57. The summed E-state index contributed by atoms with van der Waals surface area (Å²) in [6.45, 7) is 7.75. The van der Waals surface area contributed by atoms with E-state index in [4.69, 9.17) is 37.4 Å². The molecule has 286 valence electrons. The number of ether oxygens (including phenoxy) is 3. The minimum Gasteiger partial charge on any atom is -0.492 e. The molecule has 1 fully saturated rings. The summed E-state index contributed by atoms with van der Waals surface area (Å²) < 4.78 is 19.0. The predicted octanol–water partition coefficient (Wildman–Crippen LogP) is 6.46. The maximum Gasteiger partial charge on any atom is 0.217 e. The number of aliphatic hydroxyl groups is 2. The molecule has 3 unspecified atom stereocenters. The van der Waals surface area contributed by atoms with E-state index < -0.39 is 12.3 Å². The monoisotopic (exact) mass is 775 g/mol. The molecule has 0 spiro atoms. The molecule has 0 radical (unpaired) electrons. The Bertz CT molecular complexity index is 1940. The molecule has 0 aliphatic carbocycles. The van der Waals surface area contributed by atoms with Crippen LogP contribution in [0.4, 0.5) is 0 Å². The fourth-order valence-electron chi connectivity index (χ4n) is 6.42. The van der Waals surface area contributed by atoms with Gasteiger partial charge in [-0.15, -0.1) is 0 Å². The molecule has 1 amide bonds. The van der Waals surface area contributed by atoms with E-state index >= 15 is 0 Å². The summed E-state index contributed by atoms with van der Waals surface area (Å²) in [7, 11) is 0. The summed E-state index contributed by atoms with van der Waals surface area (Å²) in [4.78, 5) is 15.9. The van der Waals surface area contributed by atoms with Gasteiger partial charge in [-0.2, -0.15) is 5.26 Å². The molecule has 0 saturated carbocycles. The number of amides is 1. The van der Waals surface area contributed by atoms with Crippen molar-refractivity contribution in [3.05, 3.63) is 105 Å². The van der Waals surface area contributed by atoms with Gasteiger partial charge in [0.05, 0.1) is 28.3 Å². The van der Waals surface area contributed by atoms with Gasteiger partial charge >= 0.3 is 0 Å². The summed E-state index contributed by atoms with van der Waals surface area (Å²) in [5, 5.41) is 38.9. The van der Waals surface area contributed by atoms with E-state index in [1.54, 1.807) is 38.2 Å². The number of aliphatic hydroxyl groups excluding tert-OH is 1. The Kier molecular flexibility index (Phi) is 14.9. The highest BCUT2D eigenvalue weighted by Crippen LogP contribution is 2.41. The van der Waals surface area contributed by atoms with Gasteiger partial charge < -0.3 is 40.4 Å². The number of hydrogen-bond donors (Lipinski definition) is 5. The maximum atomic E-state index is 11.8. The number of nitrogens with one attached hydrogen (secondary N) is 3. The van der Waals surface area contributed by atoms with Gasteiger partial charge in [-0.1, -0.05) is 59.6 Å². The van der Waals surface area contributed by atoms with Gasteiger partial charge in [0.1, 0.15) is 36.5 Å². The number of rotatable bonds is 17. The zero-order chi connectivity index (χ0) is 38.6. The number of nitrogens with zero attached hydrogens (tertiary/aromatic N) is 2. The molecule has 1 saturated heterocycles. The smallest absolute Gasteiger partial charge is 0.217 e. The number of benzene rings is 3. The van der Waals surface area contributed by atoms with Crippen molar-refractivity contribution in [2.75, 3.05) is 19.7 Å². The summed E-state index contributed by atoms with van der Waals surface area (Å²) in [5.41, 5.74) is 5.36. The molecule has 1 aromatic heterocycles. The second-order valence-corrected chi connectivity index (χ2v) is 14.3. The van der Waals surface area contributed by atoms with Crippen molar-refractivity contribution >= 4 is 29.1 Å². The lowest BCUT2D eigenvalue weighted by atomic mass is 9.89. The van der Waals surface area contributed by atoms with Crippen molar-refractivity contribution in [1.82, 2.24) is 20.9 Å². The van der Waals surface area contributed by atoms with Crippen molar-refractivity contribution in [3.8, 4) is 34.4 Å². The van der Waals surface area contributed by atoms with Crippen LogP contribution in [-0.4, -0.2) is 59.2 Å². The first-order chi connectivity index (χ1) is 26.0. The Morgan fingerprint density at radius 1 is 1.04 bits per heavy atom. The van der Waals surface area contributed by atoms with Crippen molar-refractivity contribution < 1.29 is 29.2 Å². The molecular weight excluding hydrogens is 729 g/mol. The van der Waals surface area contributed by atoms with Gasteiger partial charge in [0, 0.05) is 54.7 Å². The quantitative estimate of drug-likeness (QED) is 0.0596. The highest BCUT2D eigenvalue weighted by Gasteiger charge is 2.25. The lowest BCUT2D eigenvalue weighted by Crippen LogP contribution is -2.49. The molecule has 13 heteroatoms. The molecular formula is C41H47Cl2N5O6. The molecule has 1 aliphatic rings. The largest absolute Gasteiger partial charge is 0.492 e. The first kappa shape index (κ1) is 40.8. The number of halogens is 2. The second kappa shape index (κ2) is 19.8. The topological polar surface area (TPSA) is 158 Å². The molecule has 0 bridgehead atoms. The molecule has 3 atom stereocenters. The maximum absolute atomic E-state index is 11.8. The number of nitriles is 1. The first-order valence-corrected chi connectivity index (χ1v) is 18.8. The fraction of sp³-hybridized carbons (Fsp3) is 0.390. The number of aryl methyl sites for hydroxylation is 1. The third-order valence-corrected chi connectivity index (χ3v) is 10.2. The summed E-state index contributed by atoms with van der Waals surface area (Å²) in [6, 6.07) is 18.6. The Morgan fingerprint density at radius 3 is 2.61 bits per heavy atom. The number of carbonyl (C=O) groups is 1. The van der Waals surface area contributed by atoms with Crippen molar-refractivity contribution in [2.24, 2.45) is 5.92 Å². The van der Waals surface area contributed by atoms with Gasteiger partial charge in [-0.3, -0.25) is 9.78 Å². The van der Waals surface area contributed by atoms with Crippen LogP contribution < -0.4 is 30.2 Å². The van der Waals surface area contributed by atoms with Gasteiger partial charge in [-0.05, 0) is 80.9 Å². The van der Waals surface area contributed by atoms with E-state index in [9.17, 15) is 20.3 Å². The summed E-state index contributed by atoms with van der Waals surface area (Å²) in [5.74, 6) is 1.57. The standard InChI is InChI=1S/C41H47Cl2N5O6/c1-25-7-4-5-9-34(25)35-11-10-31(40(39(35)43)52-14-6-8-30-21-45-13-12-36(30)48-27(3)49)24-54-37-17-33(53-23-29-15-28(18-44)19-46-20-29)16-32(38(37)42)22-47-26(2)41(50)51/h4-5,7,9-11,15-17,19-20,26,30,36,41,45,47,50-51H,6,8,12-14,21-24H2,1-3H3,(H,48,49). The Hall–Kier alpha value is -4.41. The SMILES string of the molecule is CC(=O)NC1CCNCC1CCCOc1c(COc2cc(OCc3cncc(C#N)c3)cc(CNC(C)C(O)O)c2Cl)ccc(-c2ccccc2C)c1Cl. The van der Waals surface area contributed by atoms with Gasteiger partial charge in [0.15, 0.2) is 6.29 Å². The highest BCUT2D eigenvalue weighted by molar-refractivity contribution is 6.35. The van der Waals surface area contributed by atoms with Crippen LogP contribution in [0.25, 0.3) is 11.1 Å². The van der Waals surface area contributed by atoms with E-state index in [2.05, 4.69) is 27.0 Å². The highest BCUT2D eigenvalue weighted by atomic mass is 35.5. The van der Waals surface area contributed by atoms with Crippen molar-refractivity contribution in [1.29, 1.82) is 5.26 Å². The zero-order valence-electron chi connectivity index (χ0n) is 30.7. The Balaban J connectivity index is 1.39. The van der Waals surface area contributed by atoms with Gasteiger partial charge in [-0.25, -0.2) is 0 Å². The average Bonchev–Trinajstić information content (AvgIpc) is 3.16. The number of pyridine rings is 1. The van der Waals surface area contributed by atoms with Crippen LogP contribution in [0.15, 0.2) is 67.0 Å². The molecule has 54 heavy (non-hydrogen) atoms. The van der Waals surface area contributed by atoms with Crippen LogP contribution in [-0.2, 0) is 24.6 Å². The van der Waals surface area contributed by atoms with E-state index in [1.807, 2.05) is 43.3 Å². The van der Waals surface area contributed by atoms with E-state index in [0.29, 0.717) is 62.1 Å². The lowest BCUT2D eigenvalue weighted by molar-refractivity contribution is -0.120. The van der Waals surface area contributed by atoms with Crippen molar-refractivity contribution in [3.63, 3.8) is 0 Å². The first-order valence-electron chi connectivity index (χ1n) is 18.0. The Morgan fingerprint density at radius 2 is 1.85 bits per heavy atom. The number of carbonyl (C=O) groups excluding carboxylic acids is 1. The van der Waals surface area contributed by atoms with Gasteiger partial charge in [0.25, 0.3) is 0 Å². The van der Waals surface area contributed by atoms with E-state index in [-0.39, 0.29) is 31.7 Å². The normalized spacial score (nSPS) is 16.1. The number of piperidine rings is 1. The van der Waals surface area contributed by atoms with Crippen LogP contribution in [0.1, 0.15) is 60.9 Å². The molecule has 11 nitrogen and oxygen atoms in total. The Labute approximate surface area is 326 Å². The van der Waals surface area contributed by atoms with Crippen LogP contribution in [0, 0.1) is 24.2 Å². The third kappa shape index (κ3) is 11.1. The van der Waals surface area contributed by atoms with E-state index in [1.165, 1.54) is 6.20 Å². The summed E-state index contributed by atoms with van der Waals surface area (Å²) in [6.07, 6.45) is 4.04. The number of aromatic nitrogens is 1. The average molecular weight is 777 g/mol. The summed E-state index contributed by atoms with van der Waals surface area (Å²) >= 11 is 14.1. The molecule has 4 aromatic rings. The molecule has 3 aromatic carbocycles. The minimum absolute atomic E-state index is 0.0191. The molecule has 1 aliphatic heterocycles. The van der Waals surface area contributed by atoms with Gasteiger partial charge in [0.2, 0.25) is 5.91 Å². The lowest BCUT2D eigenvalue weighted by Gasteiger charge is -2.32. The second-order valence-electron chi connectivity index (χ2n) is 13.5. The van der Waals surface area contributed by atoms with Crippen LogP contribution >= 0.6 is 23.2 Å². The van der Waals surface area contributed by atoms with Crippen molar-refractivity contribution in [2.45, 2.75) is 78.2 Å². The van der Waals surface area contributed by atoms with E-state index in [0.717, 1.165) is 49.0 Å². The molecule has 5 rings (SSSR count). The number of hydrogen-bond acceptors (Lipinski definition) is 10. The molecule has 5 N–H and O–H groups in total. The fourth-order valence-corrected chi connectivity index (χ4v) is 6.99. The zero-order valence-corrected chi connectivity index (χ0v) is 32.2. The predicted molar refractivity (Wildman–Crippen MR) is 209 cm³/mol. The van der Waals surface area contributed by atoms with Crippen LogP contribution in [0.3, 0.4) is 0 Å². The van der Waals surface area contributed by atoms with Crippen LogP contribution in [0.5, 0.6) is 17.2 Å². The third-order valence-electron chi connectivity index (χ3n) is 9.44. The molecule has 2 heterocycles. The van der Waals surface area contributed by atoms with Crippen LogP contribution in [0.2, 0.25) is 10.0 Å².